The molecule has 7 rings (SSSR count). The molecule has 2 saturated heterocycles. The molecular weight excluding hydrogens is 692 g/mol. The molecule has 0 radical (unpaired) electrons. The maximum absolute atomic E-state index is 13.7. The highest BCUT2D eigenvalue weighted by Gasteiger charge is 2.54. The normalized spacial score (nSPS) is 19.7. The number of amides is 2. The van der Waals surface area contributed by atoms with E-state index in [2.05, 4.69) is 10.6 Å². The predicted molar refractivity (Wildman–Crippen MR) is 201 cm³/mol. The number of anilines is 2. The lowest BCUT2D eigenvalue weighted by Gasteiger charge is -2.22. The van der Waals surface area contributed by atoms with Crippen LogP contribution in [0.1, 0.15) is 45.7 Å². The Labute approximate surface area is 311 Å². The molecule has 0 saturated carbocycles. The summed E-state index contributed by atoms with van der Waals surface area (Å²) in [6, 6.07) is 24.4. The SMILES string of the molecule is COc1cc(C(=O)O[C@H](C(=O)Nc2cccc(NC(=O)[C@@H](OC(=O)c3cc(OC)cc4c(C)cccc34)[C@]3(C)CO3)c2)[C@]2(C)CO2)c2cccc(C)c2c1. The number of carbonyl (C=O) groups is 4. The first-order valence-electron chi connectivity index (χ1n) is 17.4. The van der Waals surface area contributed by atoms with Gasteiger partial charge in [-0.1, -0.05) is 42.5 Å². The molecule has 2 N–H and O–H groups in total. The van der Waals surface area contributed by atoms with Crippen molar-refractivity contribution in [2.24, 2.45) is 0 Å². The lowest BCUT2D eigenvalue weighted by atomic mass is 9.99. The Kier molecular flexibility index (Phi) is 9.50. The Hall–Kier alpha value is -5.98. The highest BCUT2D eigenvalue weighted by atomic mass is 16.6. The monoisotopic (exact) mass is 732 g/mol. The topological polar surface area (TPSA) is 154 Å². The molecule has 2 aliphatic heterocycles. The minimum absolute atomic E-state index is 0.207. The summed E-state index contributed by atoms with van der Waals surface area (Å²) in [4.78, 5) is 54.8. The van der Waals surface area contributed by atoms with E-state index in [-0.39, 0.29) is 24.3 Å². The van der Waals surface area contributed by atoms with Crippen molar-refractivity contribution < 1.29 is 47.6 Å². The molecule has 12 heteroatoms. The molecule has 0 unspecified atom stereocenters. The van der Waals surface area contributed by atoms with Crippen LogP contribution in [0.3, 0.4) is 0 Å². The van der Waals surface area contributed by atoms with Crippen LogP contribution in [0.15, 0.2) is 84.9 Å². The molecule has 2 aliphatic rings. The molecule has 0 aromatic heterocycles. The summed E-state index contributed by atoms with van der Waals surface area (Å²) in [6.07, 6.45) is -2.61. The molecule has 2 heterocycles. The summed E-state index contributed by atoms with van der Waals surface area (Å²) < 4.78 is 33.8. The van der Waals surface area contributed by atoms with Crippen LogP contribution in [0.4, 0.5) is 11.4 Å². The Morgan fingerprint density at radius 2 is 0.981 bits per heavy atom. The summed E-state index contributed by atoms with van der Waals surface area (Å²) in [7, 11) is 3.02. The van der Waals surface area contributed by atoms with Gasteiger partial charge in [-0.15, -0.1) is 0 Å². The summed E-state index contributed by atoms with van der Waals surface area (Å²) in [5.74, 6) is -1.73. The van der Waals surface area contributed by atoms with Gasteiger partial charge >= 0.3 is 11.9 Å². The van der Waals surface area contributed by atoms with Crippen molar-refractivity contribution >= 4 is 56.7 Å². The van der Waals surface area contributed by atoms with Crippen LogP contribution in [-0.4, -0.2) is 74.6 Å². The number of methoxy groups -OCH3 is 2. The maximum Gasteiger partial charge on any atom is 0.339 e. The Morgan fingerprint density at radius 1 is 0.593 bits per heavy atom. The number of epoxide rings is 2. The first-order valence-corrected chi connectivity index (χ1v) is 17.4. The fourth-order valence-corrected chi connectivity index (χ4v) is 6.47. The summed E-state index contributed by atoms with van der Waals surface area (Å²) >= 11 is 0. The van der Waals surface area contributed by atoms with E-state index in [0.29, 0.717) is 33.6 Å². The molecule has 2 amide bonds. The van der Waals surface area contributed by atoms with Crippen molar-refractivity contribution in [2.45, 2.75) is 51.1 Å². The van der Waals surface area contributed by atoms with Gasteiger partial charge in [-0.3, -0.25) is 9.59 Å². The number of nitrogens with one attached hydrogen (secondary N) is 2. The average Bonchev–Trinajstić information content (AvgIpc) is 4.10. The first kappa shape index (κ1) is 36.4. The number of esters is 2. The van der Waals surface area contributed by atoms with Crippen LogP contribution in [0, 0.1) is 13.8 Å². The Morgan fingerprint density at radius 3 is 1.35 bits per heavy atom. The predicted octanol–water partition coefficient (Wildman–Crippen LogP) is 6.53. The standard InChI is InChI=1S/C42H40N2O10/c1-23-10-7-14-29-31(23)17-27(49-5)19-33(29)39(47)53-35(41(3)21-51-41)37(45)43-25-12-9-13-26(16-25)44-38(46)36(42(4)22-52-42)54-40(48)34-20-28(50-6)18-32-24(2)11-8-15-30(32)34/h7-20,35-36H,21-22H2,1-6H3,(H,43,45)(H,44,46)/t35-,36-,41+,42+/m1/s1. The Balaban J connectivity index is 1.08. The van der Waals surface area contributed by atoms with E-state index in [1.54, 1.807) is 44.2 Å². The van der Waals surface area contributed by atoms with Gasteiger partial charge in [-0.25, -0.2) is 9.59 Å². The summed E-state index contributed by atoms with van der Waals surface area (Å²) in [5, 5.41) is 8.54. The number of hydrogen-bond donors (Lipinski definition) is 2. The van der Waals surface area contributed by atoms with Crippen LogP contribution in [0.5, 0.6) is 11.5 Å². The van der Waals surface area contributed by atoms with E-state index >= 15 is 0 Å². The molecule has 5 aromatic carbocycles. The van der Waals surface area contributed by atoms with E-state index in [9.17, 15) is 19.2 Å². The van der Waals surface area contributed by atoms with Gasteiger partial charge in [0.15, 0.2) is 0 Å². The minimum atomic E-state index is -1.30. The third kappa shape index (κ3) is 7.17. The molecule has 12 nitrogen and oxygen atoms in total. The average molecular weight is 733 g/mol. The zero-order chi connectivity index (χ0) is 38.4. The van der Waals surface area contributed by atoms with E-state index in [0.717, 1.165) is 21.9 Å². The van der Waals surface area contributed by atoms with E-state index < -0.39 is 47.2 Å². The number of aryl methyl sites for hydroxylation is 2. The van der Waals surface area contributed by atoms with Gasteiger partial charge in [-0.2, -0.15) is 0 Å². The van der Waals surface area contributed by atoms with Crippen molar-refractivity contribution in [3.05, 3.63) is 107 Å². The molecule has 2 fully saturated rings. The van der Waals surface area contributed by atoms with Crippen molar-refractivity contribution in [2.75, 3.05) is 38.1 Å². The van der Waals surface area contributed by atoms with Crippen LogP contribution in [0.2, 0.25) is 0 Å². The Bertz CT molecular complexity index is 2170. The number of fused-ring (bicyclic) bond motifs is 2. The molecule has 54 heavy (non-hydrogen) atoms. The van der Waals surface area contributed by atoms with Gasteiger partial charge in [0.25, 0.3) is 11.8 Å². The molecule has 5 aromatic rings. The second kappa shape index (κ2) is 14.1. The van der Waals surface area contributed by atoms with Gasteiger partial charge in [0, 0.05) is 11.4 Å². The highest BCUT2D eigenvalue weighted by Crippen LogP contribution is 2.37. The minimum Gasteiger partial charge on any atom is -0.497 e. The second-order valence-corrected chi connectivity index (χ2v) is 14.0. The van der Waals surface area contributed by atoms with Gasteiger partial charge in [0.05, 0.1) is 38.6 Å². The van der Waals surface area contributed by atoms with Crippen LogP contribution >= 0.6 is 0 Å². The third-order valence-electron chi connectivity index (χ3n) is 9.92. The van der Waals surface area contributed by atoms with Gasteiger partial charge in [0.1, 0.15) is 22.7 Å². The van der Waals surface area contributed by atoms with Gasteiger partial charge < -0.3 is 39.1 Å². The fraction of sp³-hybridized carbons (Fsp3) is 0.286. The zero-order valence-corrected chi connectivity index (χ0v) is 30.7. The largest absolute Gasteiger partial charge is 0.497 e. The van der Waals surface area contributed by atoms with Crippen molar-refractivity contribution in [3.63, 3.8) is 0 Å². The molecule has 278 valence electrons. The number of carbonyl (C=O) groups excluding carboxylic acids is 4. The van der Waals surface area contributed by atoms with Gasteiger partial charge in [0.2, 0.25) is 12.2 Å². The lowest BCUT2D eigenvalue weighted by molar-refractivity contribution is -0.128. The maximum atomic E-state index is 13.7. The van der Waals surface area contributed by atoms with Crippen molar-refractivity contribution in [3.8, 4) is 11.5 Å². The lowest BCUT2D eigenvalue weighted by Crippen LogP contribution is -2.43. The number of benzene rings is 5. The molecule has 0 aliphatic carbocycles. The van der Waals surface area contributed by atoms with E-state index in [1.165, 1.54) is 20.3 Å². The first-order chi connectivity index (χ1) is 25.8. The number of hydrogen-bond acceptors (Lipinski definition) is 10. The quantitative estimate of drug-likeness (QED) is 0.107. The second-order valence-electron chi connectivity index (χ2n) is 14.0. The number of ether oxygens (including phenoxy) is 6. The van der Waals surface area contributed by atoms with Crippen LogP contribution in [0.25, 0.3) is 21.5 Å². The fourth-order valence-electron chi connectivity index (χ4n) is 6.47. The van der Waals surface area contributed by atoms with Gasteiger partial charge in [-0.05, 0) is 103 Å². The van der Waals surface area contributed by atoms with E-state index in [4.69, 9.17) is 28.4 Å². The highest BCUT2D eigenvalue weighted by molar-refractivity contribution is 6.09. The van der Waals surface area contributed by atoms with Crippen molar-refractivity contribution in [1.82, 2.24) is 0 Å². The van der Waals surface area contributed by atoms with Crippen molar-refractivity contribution in [1.29, 1.82) is 0 Å². The zero-order valence-electron chi connectivity index (χ0n) is 30.7. The summed E-state index contributed by atoms with van der Waals surface area (Å²) in [5.41, 5.74) is 0.930. The van der Waals surface area contributed by atoms with Crippen LogP contribution in [-0.2, 0) is 28.5 Å². The molecule has 0 bridgehead atoms. The third-order valence-corrected chi connectivity index (χ3v) is 9.92. The number of rotatable bonds is 12. The summed E-state index contributed by atoms with van der Waals surface area (Å²) in [6.45, 7) is 7.65. The molecule has 0 spiro atoms. The smallest absolute Gasteiger partial charge is 0.339 e. The molecular formula is C42H40N2O10. The van der Waals surface area contributed by atoms with E-state index in [1.807, 2.05) is 62.4 Å². The molecule has 4 atom stereocenters. The van der Waals surface area contributed by atoms with Crippen LogP contribution < -0.4 is 20.1 Å².